The zero-order valence-corrected chi connectivity index (χ0v) is 12.3. The fourth-order valence-corrected chi connectivity index (χ4v) is 1.88. The minimum Gasteiger partial charge on any atom is -0.489 e. The van der Waals surface area contributed by atoms with Gasteiger partial charge in [-0.3, -0.25) is 14.4 Å². The molecule has 0 aliphatic carbocycles. The van der Waals surface area contributed by atoms with Gasteiger partial charge in [0.05, 0.1) is 20.6 Å². The summed E-state index contributed by atoms with van der Waals surface area (Å²) in [6.07, 6.45) is 0.333. The molecule has 9 heteroatoms. The van der Waals surface area contributed by atoms with E-state index in [-0.39, 0.29) is 5.76 Å². The molecule has 0 unspecified atom stereocenters. The summed E-state index contributed by atoms with van der Waals surface area (Å²) in [6.45, 7) is 0.578. The first kappa shape index (κ1) is 17.3. The van der Waals surface area contributed by atoms with Crippen LogP contribution in [0.3, 0.4) is 0 Å². The second-order valence-electron chi connectivity index (χ2n) is 4.43. The Morgan fingerprint density at radius 2 is 1.77 bits per heavy atom. The normalized spacial score (nSPS) is 14.6. The third-order valence-corrected chi connectivity index (χ3v) is 2.85. The Morgan fingerprint density at radius 3 is 2.18 bits per heavy atom. The lowest BCUT2D eigenvalue weighted by Gasteiger charge is -2.29. The fraction of sp³-hybridized carbons (Fsp3) is 0.462. The number of rotatable bonds is 5. The van der Waals surface area contributed by atoms with Crippen LogP contribution in [-0.2, 0) is 38.2 Å². The van der Waals surface area contributed by atoms with Gasteiger partial charge in [-0.25, -0.2) is 9.59 Å². The molecular formula is C13H15NO8. The zero-order valence-electron chi connectivity index (χ0n) is 12.3. The molecule has 0 atom stereocenters. The van der Waals surface area contributed by atoms with Crippen molar-refractivity contribution in [2.75, 3.05) is 20.8 Å². The Morgan fingerprint density at radius 1 is 1.23 bits per heavy atom. The Labute approximate surface area is 125 Å². The van der Waals surface area contributed by atoms with Crippen molar-refractivity contribution in [2.24, 2.45) is 0 Å². The highest BCUT2D eigenvalue weighted by Gasteiger charge is 2.51. The fourth-order valence-electron chi connectivity index (χ4n) is 1.88. The molecule has 1 aliphatic heterocycles. The van der Waals surface area contributed by atoms with E-state index in [1.165, 1.54) is 0 Å². The van der Waals surface area contributed by atoms with Crippen molar-refractivity contribution in [1.29, 1.82) is 0 Å². The third kappa shape index (κ3) is 3.48. The first-order chi connectivity index (χ1) is 10.3. The van der Waals surface area contributed by atoms with Crippen LogP contribution in [0.4, 0.5) is 0 Å². The van der Waals surface area contributed by atoms with Crippen molar-refractivity contribution in [2.45, 2.75) is 18.9 Å². The van der Waals surface area contributed by atoms with E-state index in [1.54, 1.807) is 0 Å². The maximum atomic E-state index is 12.0. The topological polar surface area (TPSA) is 125 Å². The summed E-state index contributed by atoms with van der Waals surface area (Å²) in [7, 11) is 2.04. The smallest absolute Gasteiger partial charge is 0.343 e. The number of Topliss-reactive ketones (excluding diaryl/α,β-unsaturated/α-hetero) is 1. The van der Waals surface area contributed by atoms with Crippen LogP contribution in [0.5, 0.6) is 0 Å². The van der Waals surface area contributed by atoms with Gasteiger partial charge in [0.2, 0.25) is 23.0 Å². The van der Waals surface area contributed by atoms with Crippen molar-refractivity contribution in [3.63, 3.8) is 0 Å². The molecule has 0 aromatic heterocycles. The summed E-state index contributed by atoms with van der Waals surface area (Å²) >= 11 is 0. The number of hydrogen-bond acceptors (Lipinski definition) is 8. The molecule has 1 N–H and O–H groups in total. The molecule has 0 spiro atoms. The number of ketones is 2. The van der Waals surface area contributed by atoms with E-state index >= 15 is 0 Å². The quantitative estimate of drug-likeness (QED) is 0.375. The molecule has 0 radical (unpaired) electrons. The standard InChI is InChI=1S/C13H15NO8/c1-7(15)14-13(11(18)20-2,12(19)21-3)5-8-4-9(16)10(17)6-22-8/h4H,5-6H2,1-3H3,(H,14,15). The van der Waals surface area contributed by atoms with Crippen LogP contribution < -0.4 is 5.32 Å². The highest BCUT2D eigenvalue weighted by molar-refractivity contribution is 6.42. The molecule has 1 amide bonds. The maximum absolute atomic E-state index is 12.0. The average Bonchev–Trinajstić information content (AvgIpc) is 2.47. The van der Waals surface area contributed by atoms with E-state index in [4.69, 9.17) is 4.74 Å². The van der Waals surface area contributed by atoms with Gasteiger partial charge in [-0.05, 0) is 0 Å². The van der Waals surface area contributed by atoms with Gasteiger partial charge in [0.25, 0.3) is 0 Å². The molecule has 0 saturated carbocycles. The van der Waals surface area contributed by atoms with E-state index in [9.17, 15) is 24.0 Å². The number of allylic oxidation sites excluding steroid dienone is 1. The number of esters is 2. The Bertz CT molecular complexity index is 546. The molecule has 0 fully saturated rings. The second kappa shape index (κ2) is 6.83. The van der Waals surface area contributed by atoms with E-state index in [2.05, 4.69) is 14.8 Å². The van der Waals surface area contributed by atoms with Crippen LogP contribution in [0.15, 0.2) is 11.8 Å². The summed E-state index contributed by atoms with van der Waals surface area (Å²) in [5, 5.41) is 2.16. The molecule has 1 heterocycles. The summed E-state index contributed by atoms with van der Waals surface area (Å²) in [4.78, 5) is 57.8. The van der Waals surface area contributed by atoms with Crippen molar-refractivity contribution in [3.8, 4) is 0 Å². The molecule has 1 rings (SSSR count). The summed E-state index contributed by atoms with van der Waals surface area (Å²) in [5.74, 6) is -4.59. The predicted octanol–water partition coefficient (Wildman–Crippen LogP) is -1.35. The third-order valence-electron chi connectivity index (χ3n) is 2.85. The van der Waals surface area contributed by atoms with E-state index in [1.807, 2.05) is 0 Å². The molecule has 22 heavy (non-hydrogen) atoms. The minimum absolute atomic E-state index is 0.117. The maximum Gasteiger partial charge on any atom is 0.343 e. The molecule has 9 nitrogen and oxygen atoms in total. The van der Waals surface area contributed by atoms with Crippen LogP contribution in [0.1, 0.15) is 13.3 Å². The Hall–Kier alpha value is -2.71. The molecule has 0 bridgehead atoms. The lowest BCUT2D eigenvalue weighted by molar-refractivity contribution is -0.165. The van der Waals surface area contributed by atoms with Gasteiger partial charge in [0, 0.05) is 13.0 Å². The predicted molar refractivity (Wildman–Crippen MR) is 69.2 cm³/mol. The number of hydrogen-bond donors (Lipinski definition) is 1. The van der Waals surface area contributed by atoms with Gasteiger partial charge in [-0.1, -0.05) is 0 Å². The van der Waals surface area contributed by atoms with E-state index in [0.29, 0.717) is 0 Å². The summed E-state index contributed by atoms with van der Waals surface area (Å²) in [5.41, 5.74) is -2.21. The molecule has 0 aromatic carbocycles. The van der Waals surface area contributed by atoms with E-state index < -0.39 is 48.0 Å². The van der Waals surface area contributed by atoms with Gasteiger partial charge < -0.3 is 19.5 Å². The van der Waals surface area contributed by atoms with Gasteiger partial charge in [-0.2, -0.15) is 0 Å². The molecule has 0 aromatic rings. The van der Waals surface area contributed by atoms with E-state index in [0.717, 1.165) is 27.2 Å². The number of nitrogens with one attached hydrogen (secondary N) is 1. The highest BCUT2D eigenvalue weighted by Crippen LogP contribution is 2.23. The number of ether oxygens (including phenoxy) is 3. The van der Waals surface area contributed by atoms with Crippen LogP contribution in [0, 0.1) is 0 Å². The number of methoxy groups -OCH3 is 2. The second-order valence-corrected chi connectivity index (χ2v) is 4.43. The first-order valence-corrected chi connectivity index (χ1v) is 6.13. The lowest BCUT2D eigenvalue weighted by atomic mass is 9.92. The average molecular weight is 313 g/mol. The largest absolute Gasteiger partial charge is 0.489 e. The summed E-state index contributed by atoms with van der Waals surface area (Å²) in [6, 6.07) is 0. The van der Waals surface area contributed by atoms with Crippen LogP contribution in [0.2, 0.25) is 0 Å². The monoisotopic (exact) mass is 313 g/mol. The Balaban J connectivity index is 3.24. The van der Waals surface area contributed by atoms with Gasteiger partial charge in [-0.15, -0.1) is 0 Å². The van der Waals surface area contributed by atoms with Crippen LogP contribution in [-0.4, -0.2) is 55.8 Å². The number of amides is 1. The van der Waals surface area contributed by atoms with Gasteiger partial charge in [0.15, 0.2) is 6.61 Å². The van der Waals surface area contributed by atoms with Crippen LogP contribution in [0.25, 0.3) is 0 Å². The minimum atomic E-state index is -2.21. The molecule has 1 aliphatic rings. The number of carbonyl (C=O) groups excluding carboxylic acids is 5. The molecule has 0 saturated heterocycles. The van der Waals surface area contributed by atoms with Gasteiger partial charge in [0.1, 0.15) is 5.76 Å². The van der Waals surface area contributed by atoms with Crippen molar-refractivity contribution >= 4 is 29.4 Å². The van der Waals surface area contributed by atoms with Crippen molar-refractivity contribution in [3.05, 3.63) is 11.8 Å². The molecule has 120 valence electrons. The highest BCUT2D eigenvalue weighted by atomic mass is 16.5. The van der Waals surface area contributed by atoms with Crippen molar-refractivity contribution in [1.82, 2.24) is 5.32 Å². The van der Waals surface area contributed by atoms with Crippen molar-refractivity contribution < 1.29 is 38.2 Å². The van der Waals surface area contributed by atoms with Gasteiger partial charge >= 0.3 is 11.9 Å². The Kier molecular flexibility index (Phi) is 5.39. The summed E-state index contributed by atoms with van der Waals surface area (Å²) < 4.78 is 14.1. The SMILES string of the molecule is COC(=O)C(CC1=CC(=O)C(=O)CO1)(NC(C)=O)C(=O)OC. The zero-order chi connectivity index (χ0) is 16.9. The number of carbonyl (C=O) groups is 5. The molecular weight excluding hydrogens is 298 g/mol. The lowest BCUT2D eigenvalue weighted by Crippen LogP contribution is -2.61. The first-order valence-electron chi connectivity index (χ1n) is 6.13. The van der Waals surface area contributed by atoms with Crippen LogP contribution >= 0.6 is 0 Å².